The van der Waals surface area contributed by atoms with Crippen molar-refractivity contribution in [2.24, 2.45) is 13.0 Å². The average molecular weight is 425 g/mol. The highest BCUT2D eigenvalue weighted by Gasteiger charge is 2.41. The molecule has 0 aliphatic heterocycles. The number of ketones is 1. The summed E-state index contributed by atoms with van der Waals surface area (Å²) in [6.07, 6.45) is 5.28. The van der Waals surface area contributed by atoms with Crippen LogP contribution >= 0.6 is 0 Å². The van der Waals surface area contributed by atoms with Gasteiger partial charge < -0.3 is 4.74 Å². The van der Waals surface area contributed by atoms with Gasteiger partial charge in [-0.25, -0.2) is 0 Å². The summed E-state index contributed by atoms with van der Waals surface area (Å²) in [5, 5.41) is 28.6. The van der Waals surface area contributed by atoms with Gasteiger partial charge in [-0.15, -0.1) is 5.10 Å². The van der Waals surface area contributed by atoms with Crippen molar-refractivity contribution in [3.63, 3.8) is 0 Å². The molecule has 0 saturated carbocycles. The van der Waals surface area contributed by atoms with Crippen molar-refractivity contribution >= 4 is 17.4 Å². The van der Waals surface area contributed by atoms with Crippen molar-refractivity contribution < 1.29 is 19.2 Å². The van der Waals surface area contributed by atoms with E-state index in [-0.39, 0.29) is 22.6 Å². The summed E-state index contributed by atoms with van der Waals surface area (Å²) in [4.78, 5) is 35.3. The number of Topliss-reactive ketones (excluding diaryl/α,β-unsaturated/α-hetero) is 1. The van der Waals surface area contributed by atoms with Gasteiger partial charge in [0.25, 0.3) is 5.69 Å². The van der Waals surface area contributed by atoms with E-state index in [4.69, 9.17) is 4.74 Å². The largest absolute Gasteiger partial charge is 0.462 e. The van der Waals surface area contributed by atoms with Crippen molar-refractivity contribution in [3.8, 4) is 6.07 Å². The van der Waals surface area contributed by atoms with Gasteiger partial charge in [0.2, 0.25) is 0 Å². The second kappa shape index (κ2) is 9.47. The number of fused-ring (bicyclic) bond motifs is 1. The highest BCUT2D eigenvalue weighted by Crippen LogP contribution is 2.37. The van der Waals surface area contributed by atoms with Crippen LogP contribution in [0, 0.1) is 27.4 Å². The summed E-state index contributed by atoms with van der Waals surface area (Å²) >= 11 is 0. The van der Waals surface area contributed by atoms with Gasteiger partial charge in [0.1, 0.15) is 17.7 Å². The normalized spacial score (nSPS) is 15.9. The molecule has 31 heavy (non-hydrogen) atoms. The van der Waals surface area contributed by atoms with Crippen molar-refractivity contribution in [1.82, 2.24) is 15.0 Å². The Morgan fingerprint density at radius 2 is 2.19 bits per heavy atom. The highest BCUT2D eigenvalue weighted by molar-refractivity contribution is 6.05. The molecule has 0 bridgehead atoms. The zero-order chi connectivity index (χ0) is 22.5. The number of nitro benzene ring substituents is 1. The number of nitrogens with zero attached hydrogens (tertiary/aromatic N) is 5. The molecule has 0 spiro atoms. The molecule has 10 heteroatoms. The van der Waals surface area contributed by atoms with Gasteiger partial charge in [0, 0.05) is 31.8 Å². The summed E-state index contributed by atoms with van der Waals surface area (Å²) in [5.41, 5.74) is 0.966. The van der Waals surface area contributed by atoms with Crippen LogP contribution in [0.3, 0.4) is 0 Å². The maximum atomic E-state index is 13.1. The van der Waals surface area contributed by atoms with Crippen LogP contribution in [0.15, 0.2) is 18.3 Å². The van der Waals surface area contributed by atoms with Crippen LogP contribution in [-0.2, 0) is 29.4 Å². The van der Waals surface area contributed by atoms with Gasteiger partial charge in [-0.2, -0.15) is 5.26 Å². The molecule has 0 radical (unpaired) electrons. The second-order valence-electron chi connectivity index (χ2n) is 7.67. The van der Waals surface area contributed by atoms with Gasteiger partial charge in [0.15, 0.2) is 5.78 Å². The first kappa shape index (κ1) is 22.1. The summed E-state index contributed by atoms with van der Waals surface area (Å²) in [6.45, 7) is 1.29. The predicted molar refractivity (Wildman–Crippen MR) is 108 cm³/mol. The van der Waals surface area contributed by atoms with E-state index >= 15 is 0 Å². The molecule has 2 aromatic rings. The Morgan fingerprint density at radius 1 is 1.42 bits per heavy atom. The third-order valence-corrected chi connectivity index (χ3v) is 5.44. The van der Waals surface area contributed by atoms with Gasteiger partial charge in [-0.3, -0.25) is 24.4 Å². The van der Waals surface area contributed by atoms with Crippen LogP contribution in [0.4, 0.5) is 5.69 Å². The van der Waals surface area contributed by atoms with Crippen LogP contribution in [0.5, 0.6) is 0 Å². The number of benzene rings is 1. The zero-order valence-electron chi connectivity index (χ0n) is 17.4. The molecule has 0 saturated heterocycles. The van der Waals surface area contributed by atoms with Crippen molar-refractivity contribution in [1.29, 1.82) is 5.26 Å². The number of aromatic nitrogens is 3. The Morgan fingerprint density at radius 3 is 2.81 bits per heavy atom. The molecular formula is C21H23N5O5. The van der Waals surface area contributed by atoms with Crippen LogP contribution in [0.1, 0.15) is 59.8 Å². The minimum absolute atomic E-state index is 0.0847. The molecule has 10 nitrogen and oxygen atoms in total. The monoisotopic (exact) mass is 425 g/mol. The van der Waals surface area contributed by atoms with E-state index in [0.29, 0.717) is 18.4 Å². The number of aryl methyl sites for hydroxylation is 2. The Bertz CT molecular complexity index is 1050. The van der Waals surface area contributed by atoms with E-state index in [2.05, 4.69) is 10.3 Å². The molecule has 1 aromatic carbocycles. The standard InChI is InChI=1S/C21H23N5O5/c1-13(27)31-19(7-5-3-4-6-15-12-25(2)24-23-15)16-10-14-8-9-18(26(29)30)17(11-22)20(14)21(16)28/h8-9,12,16,19H,3-7,10H2,1-2H3. The van der Waals surface area contributed by atoms with E-state index in [1.807, 2.05) is 13.2 Å². The van der Waals surface area contributed by atoms with Crippen LogP contribution < -0.4 is 0 Å². The SMILES string of the molecule is CC(=O)OC(CCCCCc1cn(C)nn1)C1Cc2ccc([N+](=O)[O-])c(C#N)c2C1=O. The van der Waals surface area contributed by atoms with E-state index in [0.717, 1.165) is 31.4 Å². The Hall–Kier alpha value is -3.61. The molecule has 2 unspecified atom stereocenters. The van der Waals surface area contributed by atoms with Gasteiger partial charge in [-0.1, -0.05) is 17.7 Å². The molecule has 1 aromatic heterocycles. The number of unbranched alkanes of at least 4 members (excludes halogenated alkanes) is 2. The number of ether oxygens (including phenoxy) is 1. The van der Waals surface area contributed by atoms with Crippen LogP contribution in [0.2, 0.25) is 0 Å². The number of nitro groups is 1. The molecule has 3 rings (SSSR count). The average Bonchev–Trinajstić information content (AvgIpc) is 3.28. The molecule has 2 atom stereocenters. The minimum Gasteiger partial charge on any atom is -0.462 e. The number of nitriles is 1. The molecule has 1 aliphatic carbocycles. The number of carbonyl (C=O) groups is 2. The van der Waals surface area contributed by atoms with E-state index in [1.165, 1.54) is 19.1 Å². The predicted octanol–water partition coefficient (Wildman–Crippen LogP) is 2.68. The topological polar surface area (TPSA) is 141 Å². The quantitative estimate of drug-likeness (QED) is 0.258. The lowest BCUT2D eigenvalue weighted by Crippen LogP contribution is -2.30. The lowest BCUT2D eigenvalue weighted by molar-refractivity contribution is -0.385. The molecular weight excluding hydrogens is 402 g/mol. The highest BCUT2D eigenvalue weighted by atomic mass is 16.6. The summed E-state index contributed by atoms with van der Waals surface area (Å²) in [5.74, 6) is -1.51. The van der Waals surface area contributed by atoms with E-state index in [1.54, 1.807) is 10.8 Å². The fourth-order valence-electron chi connectivity index (χ4n) is 4.06. The Kier molecular flexibility index (Phi) is 6.74. The lowest BCUT2D eigenvalue weighted by atomic mass is 9.92. The van der Waals surface area contributed by atoms with E-state index in [9.17, 15) is 25.0 Å². The van der Waals surface area contributed by atoms with Gasteiger partial charge >= 0.3 is 5.97 Å². The maximum Gasteiger partial charge on any atom is 0.302 e. The third kappa shape index (κ3) is 4.94. The summed E-state index contributed by atoms with van der Waals surface area (Å²) < 4.78 is 7.10. The lowest BCUT2D eigenvalue weighted by Gasteiger charge is -2.22. The summed E-state index contributed by atoms with van der Waals surface area (Å²) in [7, 11) is 1.81. The first-order chi connectivity index (χ1) is 14.8. The fourth-order valence-corrected chi connectivity index (χ4v) is 4.06. The third-order valence-electron chi connectivity index (χ3n) is 5.44. The number of rotatable bonds is 9. The van der Waals surface area contributed by atoms with Crippen LogP contribution in [0.25, 0.3) is 0 Å². The number of hydrogen-bond acceptors (Lipinski definition) is 8. The number of esters is 1. The molecule has 0 fully saturated rings. The molecule has 162 valence electrons. The van der Waals surface area contributed by atoms with Gasteiger partial charge in [-0.05, 0) is 37.7 Å². The molecule has 1 aliphatic rings. The minimum atomic E-state index is -0.667. The van der Waals surface area contributed by atoms with Crippen LogP contribution in [-0.4, -0.2) is 37.8 Å². The summed E-state index contributed by atoms with van der Waals surface area (Å²) in [6, 6.07) is 4.56. The molecule has 0 amide bonds. The Labute approximate surface area is 179 Å². The van der Waals surface area contributed by atoms with Crippen molar-refractivity contribution in [2.75, 3.05) is 0 Å². The van der Waals surface area contributed by atoms with Crippen molar-refractivity contribution in [2.45, 2.75) is 51.6 Å². The molecule has 0 N–H and O–H groups in total. The van der Waals surface area contributed by atoms with E-state index < -0.39 is 22.9 Å². The number of hydrogen-bond donors (Lipinski definition) is 0. The maximum absolute atomic E-state index is 13.1. The van der Waals surface area contributed by atoms with Gasteiger partial charge in [0.05, 0.1) is 16.5 Å². The smallest absolute Gasteiger partial charge is 0.302 e. The first-order valence-electron chi connectivity index (χ1n) is 10.1. The molecule has 1 heterocycles. The first-order valence-corrected chi connectivity index (χ1v) is 10.1. The number of carbonyl (C=O) groups excluding carboxylic acids is 2. The Balaban J connectivity index is 1.67. The zero-order valence-corrected chi connectivity index (χ0v) is 17.4. The second-order valence-corrected chi connectivity index (χ2v) is 7.67. The van der Waals surface area contributed by atoms with Crippen molar-refractivity contribution in [3.05, 3.63) is 50.8 Å². The fraction of sp³-hybridized carbons (Fsp3) is 0.476.